The van der Waals surface area contributed by atoms with Crippen LogP contribution in [-0.2, 0) is 4.79 Å². The second-order valence-corrected chi connectivity index (χ2v) is 5.28. The molecule has 8 heteroatoms. The number of hydrazone groups is 1. The summed E-state index contributed by atoms with van der Waals surface area (Å²) in [4.78, 5) is 21.9. The summed E-state index contributed by atoms with van der Waals surface area (Å²) in [5, 5.41) is 18.0. The van der Waals surface area contributed by atoms with Crippen molar-refractivity contribution in [2.45, 2.75) is 6.92 Å². The smallest absolute Gasteiger partial charge is 0.269 e. The fraction of sp³-hybridized carbons (Fsp3) is 0.125. The number of nitro benzene ring substituents is 1. The predicted octanol–water partition coefficient (Wildman–Crippen LogP) is 3.20. The molecule has 0 saturated carbocycles. The van der Waals surface area contributed by atoms with E-state index >= 15 is 0 Å². The maximum Gasteiger partial charge on any atom is 0.269 e. The van der Waals surface area contributed by atoms with Crippen LogP contribution in [0, 0.1) is 10.1 Å². The molecular weight excluding hydrogens is 332 g/mol. The van der Waals surface area contributed by atoms with Gasteiger partial charge in [0.15, 0.2) is 0 Å². The van der Waals surface area contributed by atoms with Gasteiger partial charge >= 0.3 is 0 Å². The van der Waals surface area contributed by atoms with Crippen LogP contribution in [0.1, 0.15) is 12.5 Å². The van der Waals surface area contributed by atoms with Crippen LogP contribution < -0.4 is 10.7 Å². The van der Waals surface area contributed by atoms with E-state index in [1.54, 1.807) is 37.3 Å². The van der Waals surface area contributed by atoms with Gasteiger partial charge in [-0.25, -0.2) is 5.43 Å². The number of anilines is 1. The van der Waals surface area contributed by atoms with Gasteiger partial charge < -0.3 is 5.32 Å². The normalized spacial score (nSPS) is 11.0. The lowest BCUT2D eigenvalue weighted by atomic mass is 10.1. The van der Waals surface area contributed by atoms with Crippen molar-refractivity contribution in [3.63, 3.8) is 0 Å². The average molecular weight is 347 g/mol. The number of halogens is 1. The molecule has 0 bridgehead atoms. The maximum absolute atomic E-state index is 11.8. The number of rotatable bonds is 6. The van der Waals surface area contributed by atoms with Crippen molar-refractivity contribution >= 4 is 34.6 Å². The minimum atomic E-state index is -0.474. The molecule has 0 unspecified atom stereocenters. The number of para-hydroxylation sites is 1. The summed E-state index contributed by atoms with van der Waals surface area (Å²) in [6.07, 6.45) is 0. The summed E-state index contributed by atoms with van der Waals surface area (Å²) in [7, 11) is 0. The van der Waals surface area contributed by atoms with Gasteiger partial charge in [0.1, 0.15) is 0 Å². The SMILES string of the molecule is CC(=NNC(=O)CNc1ccccc1Cl)c1ccc([N+](=O)[O-])cc1. The molecule has 0 aliphatic heterocycles. The van der Waals surface area contributed by atoms with Gasteiger partial charge in [0.05, 0.1) is 27.9 Å². The number of amides is 1. The number of non-ortho nitro benzene ring substituents is 1. The Kier molecular flexibility index (Phi) is 5.86. The van der Waals surface area contributed by atoms with E-state index in [1.807, 2.05) is 6.07 Å². The van der Waals surface area contributed by atoms with Crippen LogP contribution in [0.4, 0.5) is 11.4 Å². The Morgan fingerprint density at radius 3 is 2.50 bits per heavy atom. The fourth-order valence-corrected chi connectivity index (χ4v) is 2.06. The van der Waals surface area contributed by atoms with Crippen LogP contribution in [0.15, 0.2) is 53.6 Å². The second-order valence-electron chi connectivity index (χ2n) is 4.87. The van der Waals surface area contributed by atoms with Crippen LogP contribution in [0.25, 0.3) is 0 Å². The minimum absolute atomic E-state index is 0.000439. The molecule has 1 amide bonds. The van der Waals surface area contributed by atoms with E-state index in [-0.39, 0.29) is 18.1 Å². The third-order valence-corrected chi connectivity index (χ3v) is 3.49. The summed E-state index contributed by atoms with van der Waals surface area (Å²) in [5.74, 6) is -0.337. The first kappa shape index (κ1) is 17.4. The molecule has 2 aromatic carbocycles. The van der Waals surface area contributed by atoms with Crippen molar-refractivity contribution in [1.82, 2.24) is 5.43 Å². The predicted molar refractivity (Wildman–Crippen MR) is 93.4 cm³/mol. The van der Waals surface area contributed by atoms with Crippen LogP contribution in [-0.4, -0.2) is 23.1 Å². The highest BCUT2D eigenvalue weighted by Crippen LogP contribution is 2.19. The zero-order valence-corrected chi connectivity index (χ0v) is 13.6. The van der Waals surface area contributed by atoms with Crippen molar-refractivity contribution in [3.8, 4) is 0 Å². The van der Waals surface area contributed by atoms with Gasteiger partial charge in [0, 0.05) is 12.1 Å². The number of carbonyl (C=O) groups excluding carboxylic acids is 1. The highest BCUT2D eigenvalue weighted by Gasteiger charge is 2.06. The van der Waals surface area contributed by atoms with E-state index in [9.17, 15) is 14.9 Å². The highest BCUT2D eigenvalue weighted by atomic mass is 35.5. The Hall–Kier alpha value is -2.93. The molecule has 0 aliphatic carbocycles. The monoisotopic (exact) mass is 346 g/mol. The molecule has 2 N–H and O–H groups in total. The zero-order chi connectivity index (χ0) is 17.5. The third kappa shape index (κ3) is 4.79. The van der Waals surface area contributed by atoms with Crippen LogP contribution in [0.3, 0.4) is 0 Å². The first-order valence-electron chi connectivity index (χ1n) is 7.03. The molecule has 0 heterocycles. The standard InChI is InChI=1S/C16H15ClN4O3/c1-11(12-6-8-13(9-7-12)21(23)24)19-20-16(22)10-18-15-5-3-2-4-14(15)17/h2-9,18H,10H2,1H3,(H,20,22). The van der Waals surface area contributed by atoms with E-state index in [4.69, 9.17) is 11.6 Å². The van der Waals surface area contributed by atoms with Gasteiger partial charge in [0.2, 0.25) is 0 Å². The molecule has 124 valence electrons. The summed E-state index contributed by atoms with van der Waals surface area (Å²) in [6, 6.07) is 13.0. The Morgan fingerprint density at radius 1 is 1.21 bits per heavy atom. The van der Waals surface area contributed by atoms with Crippen molar-refractivity contribution in [3.05, 3.63) is 69.2 Å². The first-order valence-corrected chi connectivity index (χ1v) is 7.41. The van der Waals surface area contributed by atoms with Gasteiger partial charge in [-0.3, -0.25) is 14.9 Å². The molecule has 24 heavy (non-hydrogen) atoms. The lowest BCUT2D eigenvalue weighted by molar-refractivity contribution is -0.384. The fourth-order valence-electron chi connectivity index (χ4n) is 1.85. The van der Waals surface area contributed by atoms with Gasteiger partial charge in [-0.15, -0.1) is 0 Å². The van der Waals surface area contributed by atoms with E-state index in [2.05, 4.69) is 15.8 Å². The zero-order valence-electron chi connectivity index (χ0n) is 12.8. The number of hydrogen-bond donors (Lipinski definition) is 2. The van der Waals surface area contributed by atoms with E-state index in [0.717, 1.165) is 0 Å². The summed E-state index contributed by atoms with van der Waals surface area (Å²) in [5.41, 5.74) is 4.29. The maximum atomic E-state index is 11.8. The molecule has 0 atom stereocenters. The van der Waals surface area contributed by atoms with E-state index < -0.39 is 4.92 Å². The Balaban J connectivity index is 1.90. The van der Waals surface area contributed by atoms with Crippen LogP contribution in [0.5, 0.6) is 0 Å². The largest absolute Gasteiger partial charge is 0.375 e. The van der Waals surface area contributed by atoms with Crippen molar-refractivity contribution in [2.75, 3.05) is 11.9 Å². The second kappa shape index (κ2) is 8.07. The number of carbonyl (C=O) groups is 1. The molecule has 2 aromatic rings. The molecular formula is C16H15ClN4O3. The molecule has 7 nitrogen and oxygen atoms in total. The van der Waals surface area contributed by atoms with Gasteiger partial charge in [0.25, 0.3) is 11.6 Å². The van der Waals surface area contributed by atoms with Crippen molar-refractivity contribution in [2.24, 2.45) is 5.10 Å². The minimum Gasteiger partial charge on any atom is -0.375 e. The lowest BCUT2D eigenvalue weighted by Gasteiger charge is -2.07. The molecule has 2 rings (SSSR count). The number of benzene rings is 2. The van der Waals surface area contributed by atoms with E-state index in [0.29, 0.717) is 22.0 Å². The van der Waals surface area contributed by atoms with Crippen LogP contribution in [0.2, 0.25) is 5.02 Å². The number of nitro groups is 1. The molecule has 0 aromatic heterocycles. The van der Waals surface area contributed by atoms with Gasteiger partial charge in [-0.1, -0.05) is 23.7 Å². The Labute approximate surface area is 143 Å². The number of nitrogens with one attached hydrogen (secondary N) is 2. The summed E-state index contributed by atoms with van der Waals surface area (Å²) >= 11 is 5.98. The summed E-state index contributed by atoms with van der Waals surface area (Å²) < 4.78 is 0. The van der Waals surface area contributed by atoms with Gasteiger partial charge in [-0.05, 0) is 36.8 Å². The lowest BCUT2D eigenvalue weighted by Crippen LogP contribution is -2.26. The molecule has 0 aliphatic rings. The van der Waals surface area contributed by atoms with Crippen LogP contribution >= 0.6 is 11.6 Å². The Morgan fingerprint density at radius 2 is 1.88 bits per heavy atom. The van der Waals surface area contributed by atoms with Crippen molar-refractivity contribution < 1.29 is 9.72 Å². The molecule has 0 spiro atoms. The van der Waals surface area contributed by atoms with Gasteiger partial charge in [-0.2, -0.15) is 5.10 Å². The third-order valence-electron chi connectivity index (χ3n) is 3.16. The van der Waals surface area contributed by atoms with Crippen molar-refractivity contribution in [1.29, 1.82) is 0 Å². The quantitative estimate of drug-likeness (QED) is 0.477. The Bertz CT molecular complexity index is 775. The topological polar surface area (TPSA) is 96.6 Å². The first-order chi connectivity index (χ1) is 11.5. The van der Waals surface area contributed by atoms with E-state index in [1.165, 1.54) is 12.1 Å². The molecule has 0 radical (unpaired) electrons. The molecule has 0 saturated heterocycles. The number of nitrogens with zero attached hydrogens (tertiary/aromatic N) is 2. The average Bonchev–Trinajstić information content (AvgIpc) is 2.59. The highest BCUT2D eigenvalue weighted by molar-refractivity contribution is 6.33. The molecule has 0 fully saturated rings. The number of hydrogen-bond acceptors (Lipinski definition) is 5. The summed E-state index contributed by atoms with van der Waals surface area (Å²) in [6.45, 7) is 1.71.